The van der Waals surface area contributed by atoms with Crippen LogP contribution < -0.4 is 15.4 Å². The second kappa shape index (κ2) is 8.17. The lowest BCUT2D eigenvalue weighted by molar-refractivity contribution is -0.651. The van der Waals surface area contributed by atoms with Crippen molar-refractivity contribution < 1.29 is 20.0 Å². The van der Waals surface area contributed by atoms with E-state index in [2.05, 4.69) is 5.32 Å². The Kier molecular flexibility index (Phi) is 5.94. The fourth-order valence-corrected chi connectivity index (χ4v) is 2.10. The van der Waals surface area contributed by atoms with E-state index in [0.717, 1.165) is 5.56 Å². The van der Waals surface area contributed by atoms with Crippen LogP contribution in [0, 0.1) is 0 Å². The Labute approximate surface area is 129 Å². The lowest BCUT2D eigenvalue weighted by atomic mass is 10.1. The Bertz CT molecular complexity index is 602. The van der Waals surface area contributed by atoms with Crippen LogP contribution in [0.4, 0.5) is 5.69 Å². The monoisotopic (exact) mass is 301 g/mol. The highest BCUT2D eigenvalue weighted by molar-refractivity contribution is 5.91. The summed E-state index contributed by atoms with van der Waals surface area (Å²) < 4.78 is 5.11. The number of hydrogen-bond donors (Lipinski definition) is 3. The van der Waals surface area contributed by atoms with Crippen LogP contribution in [0.1, 0.15) is 11.7 Å². The highest BCUT2D eigenvalue weighted by Crippen LogP contribution is 2.16. The average molecular weight is 301 g/mol. The first-order valence-corrected chi connectivity index (χ1v) is 7.17. The molecule has 1 atom stereocenters. The van der Waals surface area contributed by atoms with Gasteiger partial charge in [0.05, 0.1) is 7.11 Å². The molecule has 2 rings (SSSR count). The highest BCUT2D eigenvalue weighted by atomic mass is 16.5. The van der Waals surface area contributed by atoms with Gasteiger partial charge >= 0.3 is 0 Å². The second-order valence-electron chi connectivity index (χ2n) is 4.94. The number of rotatable bonds is 7. The molecule has 5 nitrogen and oxygen atoms in total. The maximum absolute atomic E-state index is 11.9. The van der Waals surface area contributed by atoms with Crippen LogP contribution in [0.2, 0.25) is 0 Å². The van der Waals surface area contributed by atoms with Gasteiger partial charge in [-0.15, -0.1) is 0 Å². The zero-order chi connectivity index (χ0) is 15.8. The number of benzene rings is 2. The summed E-state index contributed by atoms with van der Waals surface area (Å²) in [6.45, 7) is 0.691. The molecule has 0 spiro atoms. The summed E-state index contributed by atoms with van der Waals surface area (Å²) in [6.07, 6.45) is -0.578. The first kappa shape index (κ1) is 16.0. The minimum absolute atomic E-state index is 0.117. The molecule has 0 fully saturated rings. The molecule has 0 heterocycles. The van der Waals surface area contributed by atoms with E-state index < -0.39 is 6.10 Å². The van der Waals surface area contributed by atoms with Crippen LogP contribution in [0.25, 0.3) is 0 Å². The molecule has 5 heteroatoms. The molecule has 0 unspecified atom stereocenters. The SMILES string of the molecule is COc1cccc(NC(=O)C[NH2+]C[C@H](O)c2ccccc2)c1. The number of ether oxygens (including phenoxy) is 1. The van der Waals surface area contributed by atoms with Gasteiger partial charge in [-0.25, -0.2) is 0 Å². The van der Waals surface area contributed by atoms with Gasteiger partial charge in [-0.05, 0) is 17.7 Å². The zero-order valence-electron chi connectivity index (χ0n) is 12.5. The number of quaternary nitrogens is 1. The summed E-state index contributed by atoms with van der Waals surface area (Å²) >= 11 is 0. The maximum atomic E-state index is 11.9. The van der Waals surface area contributed by atoms with Crippen LogP contribution in [-0.4, -0.2) is 31.2 Å². The van der Waals surface area contributed by atoms with Crippen LogP contribution >= 0.6 is 0 Å². The Morgan fingerprint density at radius 3 is 2.73 bits per heavy atom. The molecular formula is C17H21N2O3+. The van der Waals surface area contributed by atoms with Crippen molar-refractivity contribution in [3.8, 4) is 5.75 Å². The third-order valence-corrected chi connectivity index (χ3v) is 3.26. The summed E-state index contributed by atoms with van der Waals surface area (Å²) in [5.41, 5.74) is 1.55. The summed E-state index contributed by atoms with van der Waals surface area (Å²) in [6, 6.07) is 16.6. The summed E-state index contributed by atoms with van der Waals surface area (Å²) in [5.74, 6) is 0.579. The molecule has 0 aromatic heterocycles. The van der Waals surface area contributed by atoms with E-state index >= 15 is 0 Å². The molecule has 116 valence electrons. The number of amides is 1. The maximum Gasteiger partial charge on any atom is 0.279 e. The number of nitrogens with one attached hydrogen (secondary N) is 1. The number of anilines is 1. The molecule has 0 saturated carbocycles. The number of carbonyl (C=O) groups excluding carboxylic acids is 1. The van der Waals surface area contributed by atoms with Gasteiger partial charge in [0.25, 0.3) is 5.91 Å². The van der Waals surface area contributed by atoms with E-state index in [1.807, 2.05) is 42.5 Å². The molecule has 0 aliphatic heterocycles. The Balaban J connectivity index is 1.76. The number of nitrogens with two attached hydrogens (primary N) is 1. The lowest BCUT2D eigenvalue weighted by Crippen LogP contribution is -2.87. The topological polar surface area (TPSA) is 75.2 Å². The smallest absolute Gasteiger partial charge is 0.279 e. The first-order chi connectivity index (χ1) is 10.7. The van der Waals surface area contributed by atoms with E-state index in [1.165, 1.54) is 0 Å². The van der Waals surface area contributed by atoms with E-state index in [9.17, 15) is 9.90 Å². The number of methoxy groups -OCH3 is 1. The van der Waals surface area contributed by atoms with E-state index in [0.29, 0.717) is 18.0 Å². The molecule has 0 bridgehead atoms. The standard InChI is InChI=1S/C17H20N2O3/c1-22-15-9-5-8-14(10-15)19-17(21)12-18-11-16(20)13-6-3-2-4-7-13/h2-10,16,18,20H,11-12H2,1H3,(H,19,21)/p+1/t16-/m0/s1. The van der Waals surface area contributed by atoms with E-state index in [-0.39, 0.29) is 12.5 Å². The van der Waals surface area contributed by atoms with Gasteiger partial charge in [-0.3, -0.25) is 4.79 Å². The van der Waals surface area contributed by atoms with Crippen molar-refractivity contribution in [2.24, 2.45) is 0 Å². The third-order valence-electron chi connectivity index (χ3n) is 3.26. The molecule has 0 aliphatic rings. The minimum Gasteiger partial charge on any atom is -0.497 e. The van der Waals surface area contributed by atoms with Crippen LogP contribution in [0.5, 0.6) is 5.75 Å². The molecule has 0 saturated heterocycles. The summed E-state index contributed by atoms with van der Waals surface area (Å²) in [4.78, 5) is 11.9. The van der Waals surface area contributed by atoms with Crippen molar-refractivity contribution in [1.29, 1.82) is 0 Å². The van der Waals surface area contributed by atoms with Gasteiger partial charge in [0.2, 0.25) is 0 Å². The normalized spacial score (nSPS) is 11.7. The van der Waals surface area contributed by atoms with Gasteiger partial charge in [0.15, 0.2) is 6.54 Å². The van der Waals surface area contributed by atoms with Crippen molar-refractivity contribution in [1.82, 2.24) is 0 Å². The first-order valence-electron chi connectivity index (χ1n) is 7.17. The number of aliphatic hydroxyl groups is 1. The Morgan fingerprint density at radius 2 is 2.00 bits per heavy atom. The van der Waals surface area contributed by atoms with Crippen LogP contribution in [0.3, 0.4) is 0 Å². The molecule has 2 aromatic rings. The van der Waals surface area contributed by atoms with Gasteiger partial charge in [-0.1, -0.05) is 36.4 Å². The second-order valence-corrected chi connectivity index (χ2v) is 4.94. The lowest BCUT2D eigenvalue weighted by Gasteiger charge is -2.10. The molecule has 2 aromatic carbocycles. The van der Waals surface area contributed by atoms with Crippen molar-refractivity contribution >= 4 is 11.6 Å². The van der Waals surface area contributed by atoms with Crippen molar-refractivity contribution in [3.63, 3.8) is 0 Å². The molecule has 1 amide bonds. The van der Waals surface area contributed by atoms with Crippen LogP contribution in [0.15, 0.2) is 54.6 Å². The molecular weight excluding hydrogens is 280 g/mol. The van der Waals surface area contributed by atoms with Crippen molar-refractivity contribution in [2.45, 2.75) is 6.10 Å². The molecule has 0 radical (unpaired) electrons. The largest absolute Gasteiger partial charge is 0.497 e. The van der Waals surface area contributed by atoms with Gasteiger partial charge in [0.1, 0.15) is 18.4 Å². The predicted octanol–water partition coefficient (Wildman–Crippen LogP) is 0.931. The average Bonchev–Trinajstić information content (AvgIpc) is 2.55. The molecule has 4 N–H and O–H groups in total. The van der Waals surface area contributed by atoms with Crippen LogP contribution in [-0.2, 0) is 4.79 Å². The van der Waals surface area contributed by atoms with E-state index in [4.69, 9.17) is 4.74 Å². The minimum atomic E-state index is -0.578. The van der Waals surface area contributed by atoms with Crippen molar-refractivity contribution in [3.05, 3.63) is 60.2 Å². The fourth-order valence-electron chi connectivity index (χ4n) is 2.10. The number of hydrogen-bond acceptors (Lipinski definition) is 3. The fraction of sp³-hybridized carbons (Fsp3) is 0.235. The highest BCUT2D eigenvalue weighted by Gasteiger charge is 2.11. The molecule has 0 aliphatic carbocycles. The Hall–Kier alpha value is -2.37. The Morgan fingerprint density at radius 1 is 1.23 bits per heavy atom. The quantitative estimate of drug-likeness (QED) is 0.712. The third kappa shape index (κ3) is 4.87. The zero-order valence-corrected chi connectivity index (χ0v) is 12.5. The van der Waals surface area contributed by atoms with Crippen molar-refractivity contribution in [2.75, 3.05) is 25.5 Å². The van der Waals surface area contributed by atoms with Gasteiger partial charge in [0, 0.05) is 11.8 Å². The molecule has 22 heavy (non-hydrogen) atoms. The van der Waals surface area contributed by atoms with Gasteiger partial charge in [-0.2, -0.15) is 0 Å². The van der Waals surface area contributed by atoms with Gasteiger partial charge < -0.3 is 20.5 Å². The van der Waals surface area contributed by atoms with E-state index in [1.54, 1.807) is 24.6 Å². The summed E-state index contributed by atoms with van der Waals surface area (Å²) in [7, 11) is 1.58. The number of carbonyl (C=O) groups is 1. The predicted molar refractivity (Wildman–Crippen MR) is 84.7 cm³/mol. The summed E-state index contributed by atoms with van der Waals surface area (Å²) in [5, 5.41) is 14.6. The number of aliphatic hydroxyl groups excluding tert-OH is 1.